The number of rotatable bonds is 8. The molecule has 3 aromatic carbocycles. The topological polar surface area (TPSA) is 113 Å². The van der Waals surface area contributed by atoms with E-state index in [9.17, 15) is 22.8 Å². The van der Waals surface area contributed by atoms with Gasteiger partial charge in [-0.25, -0.2) is 9.59 Å². The fraction of sp³-hybridized carbons (Fsp3) is 0.143. The molecule has 5 rings (SSSR count). The molecule has 0 fully saturated rings. The summed E-state index contributed by atoms with van der Waals surface area (Å²) in [6.07, 6.45) is 0.571. The van der Waals surface area contributed by atoms with Gasteiger partial charge in [-0.05, 0) is 60.2 Å². The van der Waals surface area contributed by atoms with Crippen molar-refractivity contribution < 1.29 is 37.0 Å². The van der Waals surface area contributed by atoms with Crippen LogP contribution >= 0.6 is 0 Å². The Labute approximate surface area is 232 Å². The van der Waals surface area contributed by atoms with Crippen LogP contribution in [0.15, 0.2) is 84.7 Å². The zero-order valence-corrected chi connectivity index (χ0v) is 21.3. The number of ether oxygens (including phenoxy) is 3. The quantitative estimate of drug-likeness (QED) is 0.212. The minimum absolute atomic E-state index is 0.147. The van der Waals surface area contributed by atoms with Crippen molar-refractivity contribution in [1.29, 1.82) is 0 Å². The first-order valence-electron chi connectivity index (χ1n) is 12.3. The summed E-state index contributed by atoms with van der Waals surface area (Å²) in [6.45, 7) is 0.322. The molecule has 2 aliphatic heterocycles. The zero-order valence-electron chi connectivity index (χ0n) is 21.3. The van der Waals surface area contributed by atoms with Crippen LogP contribution in [0, 0.1) is 0 Å². The number of para-hydroxylation sites is 1. The van der Waals surface area contributed by atoms with E-state index in [2.05, 4.69) is 21.6 Å². The highest BCUT2D eigenvalue weighted by Gasteiger charge is 2.33. The number of nitrogens with one attached hydrogen (secondary N) is 4. The molecule has 2 heterocycles. The van der Waals surface area contributed by atoms with E-state index in [1.807, 2.05) is 0 Å². The van der Waals surface area contributed by atoms with Gasteiger partial charge in [-0.15, -0.1) is 5.53 Å². The summed E-state index contributed by atoms with van der Waals surface area (Å²) in [6, 6.07) is 15.9. The number of hydrogen-bond acceptors (Lipinski definition) is 8. The number of amides is 2. The molecule has 0 bridgehead atoms. The Morgan fingerprint density at radius 1 is 1.00 bits per heavy atom. The summed E-state index contributed by atoms with van der Waals surface area (Å²) in [4.78, 5) is 24.3. The van der Waals surface area contributed by atoms with Crippen molar-refractivity contribution in [2.75, 3.05) is 29.0 Å². The number of carbonyl (C=O) groups is 2. The molecule has 0 aliphatic carbocycles. The van der Waals surface area contributed by atoms with Crippen LogP contribution < -0.4 is 36.1 Å². The van der Waals surface area contributed by atoms with Gasteiger partial charge in [0.25, 0.3) is 0 Å². The largest absolute Gasteiger partial charge is 0.462 e. The molecule has 41 heavy (non-hydrogen) atoms. The average Bonchev–Trinajstić information content (AvgIpc) is 3.61. The van der Waals surface area contributed by atoms with Gasteiger partial charge in [0.1, 0.15) is 0 Å². The molecule has 3 aromatic rings. The van der Waals surface area contributed by atoms with Crippen LogP contribution in [0.1, 0.15) is 17.5 Å². The van der Waals surface area contributed by atoms with E-state index < -0.39 is 23.7 Å². The van der Waals surface area contributed by atoms with Crippen LogP contribution in [0.5, 0.6) is 11.5 Å². The molecular formula is C28H24F3N5O5. The molecule has 0 aromatic heterocycles. The normalized spacial score (nSPS) is 14.0. The SMILES string of the molecule is O=C(Nc1ccc(N2C=C(CCOC(=O)/C=C/c3ccc4c(c3)OCO4)NN2)cc1)Nc1ccccc1C(F)(F)F. The predicted molar refractivity (Wildman–Crippen MR) is 145 cm³/mol. The number of alkyl halides is 3. The second kappa shape index (κ2) is 11.9. The molecule has 0 saturated carbocycles. The number of nitrogens with zero attached hydrogens (tertiary/aromatic N) is 1. The first kappa shape index (κ1) is 27.4. The van der Waals surface area contributed by atoms with Crippen LogP contribution in [-0.2, 0) is 15.7 Å². The maximum Gasteiger partial charge on any atom is 0.418 e. The smallest absolute Gasteiger partial charge is 0.418 e. The summed E-state index contributed by atoms with van der Waals surface area (Å²) in [7, 11) is 0. The summed E-state index contributed by atoms with van der Waals surface area (Å²) in [5.74, 6) is 0.800. The molecule has 13 heteroatoms. The highest BCUT2D eigenvalue weighted by molar-refractivity contribution is 6.00. The van der Waals surface area contributed by atoms with E-state index in [1.54, 1.807) is 59.7 Å². The van der Waals surface area contributed by atoms with Crippen LogP contribution in [0.25, 0.3) is 6.08 Å². The van der Waals surface area contributed by atoms with Gasteiger partial charge in [0.2, 0.25) is 6.79 Å². The lowest BCUT2D eigenvalue weighted by atomic mass is 10.1. The number of benzene rings is 3. The van der Waals surface area contributed by atoms with Gasteiger partial charge < -0.3 is 30.3 Å². The molecule has 0 radical (unpaired) electrons. The van der Waals surface area contributed by atoms with Crippen molar-refractivity contribution in [3.63, 3.8) is 0 Å². The lowest BCUT2D eigenvalue weighted by molar-refractivity contribution is -0.138. The molecule has 10 nitrogen and oxygen atoms in total. The summed E-state index contributed by atoms with van der Waals surface area (Å²) < 4.78 is 55.3. The third-order valence-corrected chi connectivity index (χ3v) is 5.93. The molecule has 0 unspecified atom stereocenters. The number of carbonyl (C=O) groups excluding carboxylic acids is 2. The van der Waals surface area contributed by atoms with Crippen LogP contribution in [-0.4, -0.2) is 25.4 Å². The number of urea groups is 1. The van der Waals surface area contributed by atoms with Crippen molar-refractivity contribution in [2.45, 2.75) is 12.6 Å². The average molecular weight is 568 g/mol. The Morgan fingerprint density at radius 3 is 2.59 bits per heavy atom. The standard InChI is InChI=1S/C28H24F3N5O5/c29-28(30,31)22-3-1-2-4-23(22)33-27(38)32-19-7-9-21(10-8-19)36-16-20(34-35-36)13-14-39-26(37)12-6-18-5-11-24-25(15-18)41-17-40-24/h1-12,15-16,34-35H,13-14,17H2,(H2,32,33,38)/b12-6+. The fourth-order valence-electron chi connectivity index (χ4n) is 3.94. The number of halogens is 3. The van der Waals surface area contributed by atoms with Crippen LogP contribution in [0.2, 0.25) is 0 Å². The second-order valence-corrected chi connectivity index (χ2v) is 8.79. The fourth-order valence-corrected chi connectivity index (χ4v) is 3.94. The lowest BCUT2D eigenvalue weighted by Gasteiger charge is -2.16. The maximum absolute atomic E-state index is 13.1. The van der Waals surface area contributed by atoms with Gasteiger partial charge >= 0.3 is 18.2 Å². The highest BCUT2D eigenvalue weighted by Crippen LogP contribution is 2.35. The molecule has 0 atom stereocenters. The van der Waals surface area contributed by atoms with Crippen LogP contribution in [0.4, 0.5) is 35.0 Å². The van der Waals surface area contributed by atoms with E-state index in [-0.39, 0.29) is 19.1 Å². The number of hydrazine groups is 2. The van der Waals surface area contributed by atoms with Gasteiger partial charge in [-0.2, -0.15) is 13.2 Å². The molecule has 2 aliphatic rings. The third-order valence-electron chi connectivity index (χ3n) is 5.93. The first-order valence-corrected chi connectivity index (χ1v) is 12.3. The molecule has 0 saturated heterocycles. The van der Waals surface area contributed by atoms with E-state index in [0.29, 0.717) is 29.3 Å². The Morgan fingerprint density at radius 2 is 1.78 bits per heavy atom. The Bertz CT molecular complexity index is 1490. The highest BCUT2D eigenvalue weighted by atomic mass is 19.4. The third kappa shape index (κ3) is 7.08. The molecule has 0 spiro atoms. The van der Waals surface area contributed by atoms with E-state index in [0.717, 1.165) is 17.3 Å². The first-order chi connectivity index (χ1) is 19.7. The van der Waals surface area contributed by atoms with E-state index in [1.165, 1.54) is 24.3 Å². The van der Waals surface area contributed by atoms with Gasteiger partial charge in [0.15, 0.2) is 11.5 Å². The molecule has 4 N–H and O–H groups in total. The number of esters is 1. The summed E-state index contributed by atoms with van der Waals surface area (Å²) in [5.41, 5.74) is 7.29. The van der Waals surface area contributed by atoms with Gasteiger partial charge in [-0.1, -0.05) is 18.2 Å². The van der Waals surface area contributed by atoms with Crippen molar-refractivity contribution in [2.24, 2.45) is 0 Å². The van der Waals surface area contributed by atoms with E-state index >= 15 is 0 Å². The maximum atomic E-state index is 13.1. The Hall–Kier alpha value is -5.17. The van der Waals surface area contributed by atoms with Gasteiger partial charge in [0, 0.05) is 30.1 Å². The number of anilines is 3. The monoisotopic (exact) mass is 567 g/mol. The van der Waals surface area contributed by atoms with E-state index in [4.69, 9.17) is 14.2 Å². The Balaban J connectivity index is 1.07. The molecular weight excluding hydrogens is 543 g/mol. The van der Waals surface area contributed by atoms with Gasteiger partial charge in [0.05, 0.1) is 23.5 Å². The van der Waals surface area contributed by atoms with Crippen molar-refractivity contribution in [1.82, 2.24) is 11.0 Å². The molecule has 2 amide bonds. The molecule has 212 valence electrons. The number of fused-ring (bicyclic) bond motifs is 1. The number of hydrogen-bond donors (Lipinski definition) is 4. The minimum Gasteiger partial charge on any atom is -0.462 e. The predicted octanol–water partition coefficient (Wildman–Crippen LogP) is 5.40. The van der Waals surface area contributed by atoms with Crippen LogP contribution in [0.3, 0.4) is 0 Å². The minimum atomic E-state index is -4.59. The second-order valence-electron chi connectivity index (χ2n) is 8.79. The zero-order chi connectivity index (χ0) is 28.8. The van der Waals surface area contributed by atoms with Crippen molar-refractivity contribution >= 4 is 35.1 Å². The summed E-state index contributed by atoms with van der Waals surface area (Å²) >= 11 is 0. The summed E-state index contributed by atoms with van der Waals surface area (Å²) in [5, 5.41) is 6.42. The lowest BCUT2D eigenvalue weighted by Crippen LogP contribution is -2.36. The Kier molecular flexibility index (Phi) is 7.97. The van der Waals surface area contributed by atoms with Gasteiger partial charge in [-0.3, -0.25) is 5.01 Å². The van der Waals surface area contributed by atoms with Crippen molar-refractivity contribution in [3.05, 3.63) is 95.8 Å². The van der Waals surface area contributed by atoms with Crippen molar-refractivity contribution in [3.8, 4) is 11.5 Å².